The van der Waals surface area contributed by atoms with Crippen LogP contribution in [0.5, 0.6) is 0 Å². The van der Waals surface area contributed by atoms with Crippen LogP contribution in [0.15, 0.2) is 24.4 Å². The van der Waals surface area contributed by atoms with Gasteiger partial charge in [0.1, 0.15) is 17.5 Å². The largest absolute Gasteiger partial charge is 0.342 e. The van der Waals surface area contributed by atoms with Crippen molar-refractivity contribution in [2.24, 2.45) is 11.7 Å². The summed E-state index contributed by atoms with van der Waals surface area (Å²) < 4.78 is 26.8. The molecule has 2 rings (SSSR count). The zero-order valence-electron chi connectivity index (χ0n) is 11.0. The van der Waals surface area contributed by atoms with E-state index in [1.165, 1.54) is 6.20 Å². The summed E-state index contributed by atoms with van der Waals surface area (Å²) in [6.07, 6.45) is 1.51. The van der Waals surface area contributed by atoms with Gasteiger partial charge in [-0.15, -0.1) is 0 Å². The maximum Gasteiger partial charge on any atom is 0.132 e. The molecule has 0 bridgehead atoms. The Morgan fingerprint density at radius 3 is 2.68 bits per heavy atom. The molecule has 2 aromatic rings. The highest BCUT2D eigenvalue weighted by Crippen LogP contribution is 2.26. The Morgan fingerprint density at radius 2 is 2.05 bits per heavy atom. The van der Waals surface area contributed by atoms with Crippen LogP contribution in [-0.4, -0.2) is 16.5 Å². The average Bonchev–Trinajstić information content (AvgIpc) is 2.82. The first-order valence-electron chi connectivity index (χ1n) is 6.23. The van der Waals surface area contributed by atoms with Gasteiger partial charge in [-0.2, -0.15) is 0 Å². The van der Waals surface area contributed by atoms with Crippen molar-refractivity contribution in [3.8, 4) is 11.3 Å². The van der Waals surface area contributed by atoms with Crippen LogP contribution in [0.1, 0.15) is 25.6 Å². The number of H-pyrrole nitrogens is 1. The molecule has 0 aliphatic carbocycles. The molecule has 102 valence electrons. The minimum atomic E-state index is -0.481. The van der Waals surface area contributed by atoms with Gasteiger partial charge in [0.05, 0.1) is 11.9 Å². The Balaban J connectivity index is 2.38. The Hall–Kier alpha value is -1.75. The molecule has 1 aromatic heterocycles. The molecule has 19 heavy (non-hydrogen) atoms. The van der Waals surface area contributed by atoms with E-state index in [-0.39, 0.29) is 11.5 Å². The quantitative estimate of drug-likeness (QED) is 0.892. The fourth-order valence-corrected chi connectivity index (χ4v) is 2.07. The molecule has 1 heterocycles. The van der Waals surface area contributed by atoms with Crippen molar-refractivity contribution in [3.05, 3.63) is 41.9 Å². The summed E-state index contributed by atoms with van der Waals surface area (Å²) in [6.45, 7) is 4.54. The summed E-state index contributed by atoms with van der Waals surface area (Å²) in [5.41, 5.74) is 6.36. The Kier molecular flexibility index (Phi) is 3.95. The second-order valence-electron chi connectivity index (χ2n) is 4.89. The number of nitrogens with zero attached hydrogens (tertiary/aromatic N) is 1. The van der Waals surface area contributed by atoms with Crippen LogP contribution in [0.3, 0.4) is 0 Å². The summed E-state index contributed by atoms with van der Waals surface area (Å²) >= 11 is 0. The predicted octanol–water partition coefficient (Wildman–Crippen LogP) is 3.05. The molecule has 0 amide bonds. The molecule has 0 radical (unpaired) electrons. The van der Waals surface area contributed by atoms with Gasteiger partial charge >= 0.3 is 0 Å². The summed E-state index contributed by atoms with van der Waals surface area (Å²) in [6, 6.07) is 3.35. The third-order valence-corrected chi connectivity index (χ3v) is 3.22. The Bertz CT molecular complexity index is 564. The highest BCUT2D eigenvalue weighted by atomic mass is 19.1. The molecule has 1 unspecified atom stereocenters. The number of imidazole rings is 1. The molecular formula is C14H17F2N3. The zero-order chi connectivity index (χ0) is 14.0. The number of halogens is 2. The van der Waals surface area contributed by atoms with E-state index < -0.39 is 11.6 Å². The molecular weight excluding hydrogens is 248 g/mol. The van der Waals surface area contributed by atoms with Crippen LogP contribution in [0.2, 0.25) is 0 Å². The molecule has 0 fully saturated rings. The van der Waals surface area contributed by atoms with Crippen LogP contribution >= 0.6 is 0 Å². The van der Waals surface area contributed by atoms with Gasteiger partial charge in [-0.3, -0.25) is 0 Å². The minimum Gasteiger partial charge on any atom is -0.342 e. The fraction of sp³-hybridized carbons (Fsp3) is 0.357. The van der Waals surface area contributed by atoms with Crippen molar-refractivity contribution in [2.45, 2.75) is 19.8 Å². The molecule has 0 aliphatic rings. The highest BCUT2D eigenvalue weighted by molar-refractivity contribution is 5.59. The maximum atomic E-state index is 13.7. The second kappa shape index (κ2) is 5.48. The number of benzene rings is 1. The molecule has 0 spiro atoms. The van der Waals surface area contributed by atoms with Crippen molar-refractivity contribution in [3.63, 3.8) is 0 Å². The summed E-state index contributed by atoms with van der Waals surface area (Å²) in [5, 5.41) is 0. The molecule has 0 saturated carbocycles. The van der Waals surface area contributed by atoms with Gasteiger partial charge in [0.2, 0.25) is 0 Å². The van der Waals surface area contributed by atoms with E-state index in [9.17, 15) is 8.78 Å². The molecule has 3 N–H and O–H groups in total. The number of hydrogen-bond donors (Lipinski definition) is 2. The number of aromatic amines is 1. The first-order chi connectivity index (χ1) is 9.02. The molecule has 0 aliphatic heterocycles. The summed E-state index contributed by atoms with van der Waals surface area (Å²) in [7, 11) is 0. The van der Waals surface area contributed by atoms with Crippen molar-refractivity contribution in [1.29, 1.82) is 0 Å². The first kappa shape index (κ1) is 13.7. The maximum absolute atomic E-state index is 13.7. The topological polar surface area (TPSA) is 54.7 Å². The second-order valence-corrected chi connectivity index (χ2v) is 4.89. The van der Waals surface area contributed by atoms with Crippen LogP contribution in [0, 0.1) is 17.6 Å². The van der Waals surface area contributed by atoms with E-state index in [1.807, 2.05) is 13.8 Å². The fourth-order valence-electron chi connectivity index (χ4n) is 2.07. The third kappa shape index (κ3) is 2.81. The van der Waals surface area contributed by atoms with E-state index in [1.54, 1.807) is 0 Å². The lowest BCUT2D eigenvalue weighted by atomic mass is 9.95. The smallest absolute Gasteiger partial charge is 0.132 e. The Labute approximate surface area is 110 Å². The number of aromatic nitrogens is 2. The standard InChI is InChI=1S/C14H17F2N3/c1-8(2)11(6-17)14-18-7-13(19-14)10-5-9(15)3-4-12(10)16/h3-5,7-8,11H,6,17H2,1-2H3,(H,18,19). The van der Waals surface area contributed by atoms with Gasteiger partial charge in [0.25, 0.3) is 0 Å². The molecule has 1 aromatic carbocycles. The molecule has 1 atom stereocenters. The van der Waals surface area contributed by atoms with Gasteiger partial charge in [-0.1, -0.05) is 13.8 Å². The van der Waals surface area contributed by atoms with E-state index in [0.29, 0.717) is 24.0 Å². The molecule has 0 saturated heterocycles. The SMILES string of the molecule is CC(C)C(CN)c1ncc(-c2cc(F)ccc2F)[nH]1. The summed E-state index contributed by atoms with van der Waals surface area (Å²) in [4.78, 5) is 7.26. The lowest BCUT2D eigenvalue weighted by Gasteiger charge is -2.15. The van der Waals surface area contributed by atoms with Gasteiger partial charge in [-0.05, 0) is 24.1 Å². The van der Waals surface area contributed by atoms with Gasteiger partial charge in [-0.25, -0.2) is 13.8 Å². The summed E-state index contributed by atoms with van der Waals surface area (Å²) in [5.74, 6) is 0.139. The van der Waals surface area contributed by atoms with Crippen LogP contribution in [-0.2, 0) is 0 Å². The van der Waals surface area contributed by atoms with E-state index >= 15 is 0 Å². The van der Waals surface area contributed by atoms with Crippen LogP contribution in [0.25, 0.3) is 11.3 Å². The van der Waals surface area contributed by atoms with Crippen molar-refractivity contribution in [2.75, 3.05) is 6.54 Å². The van der Waals surface area contributed by atoms with Gasteiger partial charge in [0.15, 0.2) is 0 Å². The van der Waals surface area contributed by atoms with Gasteiger partial charge in [0, 0.05) is 18.0 Å². The monoisotopic (exact) mass is 265 g/mol. The van der Waals surface area contributed by atoms with Crippen molar-refractivity contribution >= 4 is 0 Å². The molecule has 3 nitrogen and oxygen atoms in total. The number of nitrogens with two attached hydrogens (primary N) is 1. The number of nitrogens with one attached hydrogen (secondary N) is 1. The van der Waals surface area contributed by atoms with Crippen molar-refractivity contribution < 1.29 is 8.78 Å². The van der Waals surface area contributed by atoms with Crippen LogP contribution in [0.4, 0.5) is 8.78 Å². The van der Waals surface area contributed by atoms with Crippen molar-refractivity contribution in [1.82, 2.24) is 9.97 Å². The molecule has 5 heteroatoms. The third-order valence-electron chi connectivity index (χ3n) is 3.22. The van der Waals surface area contributed by atoms with Crippen LogP contribution < -0.4 is 5.73 Å². The normalized spacial score (nSPS) is 12.9. The van der Waals surface area contributed by atoms with E-state index in [4.69, 9.17) is 5.73 Å². The van der Waals surface area contributed by atoms with E-state index in [2.05, 4.69) is 9.97 Å². The number of rotatable bonds is 4. The zero-order valence-corrected chi connectivity index (χ0v) is 11.0. The van der Waals surface area contributed by atoms with E-state index in [0.717, 1.165) is 18.2 Å². The number of hydrogen-bond acceptors (Lipinski definition) is 2. The Morgan fingerprint density at radius 1 is 1.32 bits per heavy atom. The predicted molar refractivity (Wildman–Crippen MR) is 70.6 cm³/mol. The first-order valence-corrected chi connectivity index (χ1v) is 6.23. The lowest BCUT2D eigenvalue weighted by Crippen LogP contribution is -2.19. The van der Waals surface area contributed by atoms with Gasteiger partial charge < -0.3 is 10.7 Å². The highest BCUT2D eigenvalue weighted by Gasteiger charge is 2.18. The average molecular weight is 265 g/mol. The minimum absolute atomic E-state index is 0.0744. The lowest BCUT2D eigenvalue weighted by molar-refractivity contribution is 0.487.